The molecule has 2 heterocycles. The first-order valence-electron chi connectivity index (χ1n) is 11.7. The summed E-state index contributed by atoms with van der Waals surface area (Å²) in [6.45, 7) is 2.84. The van der Waals surface area contributed by atoms with Crippen LogP contribution in [0.2, 0.25) is 0 Å². The highest BCUT2D eigenvalue weighted by Crippen LogP contribution is 2.40. The van der Waals surface area contributed by atoms with Gasteiger partial charge in [-0.3, -0.25) is 19.7 Å². The van der Waals surface area contributed by atoms with E-state index in [1.165, 1.54) is 0 Å². The molecular weight excluding hydrogens is 413 g/mol. The molecule has 1 aromatic rings. The van der Waals surface area contributed by atoms with E-state index in [0.29, 0.717) is 37.3 Å². The van der Waals surface area contributed by atoms with Crippen LogP contribution in [0.1, 0.15) is 67.8 Å². The minimum atomic E-state index is -0.999. The molecule has 1 aromatic carbocycles. The standard InChI is InChI=1S/C24H30FN3O4/c1-24(25)10-14(11-24)12-26-18-3-2-4-20(18)32-16-5-6-17-15(9-16)13-28(23(17)31)19-7-8-21(29)27-22(19)30/h5-6,9,14,18-20,26H,2-4,7-8,10-13H2,1H3,(H,27,29,30)/t14?,18-,19?,20-,24?/m1/s1. The van der Waals surface area contributed by atoms with Crippen molar-refractivity contribution in [3.05, 3.63) is 29.3 Å². The highest BCUT2D eigenvalue weighted by atomic mass is 19.1. The fourth-order valence-corrected chi connectivity index (χ4v) is 5.71. The Labute approximate surface area is 187 Å². The van der Waals surface area contributed by atoms with Crippen LogP contribution in [0.5, 0.6) is 5.75 Å². The molecule has 1 unspecified atom stereocenters. The Morgan fingerprint density at radius 3 is 2.78 bits per heavy atom. The first kappa shape index (κ1) is 21.4. The largest absolute Gasteiger partial charge is 0.489 e. The van der Waals surface area contributed by atoms with E-state index in [2.05, 4.69) is 10.6 Å². The van der Waals surface area contributed by atoms with Crippen LogP contribution >= 0.6 is 0 Å². The molecule has 172 valence electrons. The molecule has 2 saturated carbocycles. The van der Waals surface area contributed by atoms with Crippen molar-refractivity contribution >= 4 is 17.7 Å². The van der Waals surface area contributed by atoms with E-state index in [4.69, 9.17) is 4.74 Å². The van der Waals surface area contributed by atoms with E-state index in [1.807, 2.05) is 12.1 Å². The van der Waals surface area contributed by atoms with Crippen molar-refractivity contribution in [3.63, 3.8) is 0 Å². The number of fused-ring (bicyclic) bond motifs is 1. The van der Waals surface area contributed by atoms with Crippen LogP contribution in [-0.4, -0.2) is 53.0 Å². The van der Waals surface area contributed by atoms with Crippen molar-refractivity contribution in [1.82, 2.24) is 15.5 Å². The van der Waals surface area contributed by atoms with E-state index in [1.54, 1.807) is 17.9 Å². The normalized spacial score (nSPS) is 34.3. The van der Waals surface area contributed by atoms with E-state index in [9.17, 15) is 18.8 Å². The maximum absolute atomic E-state index is 13.7. The number of hydrogen-bond donors (Lipinski definition) is 2. The second kappa shape index (κ2) is 8.14. The summed E-state index contributed by atoms with van der Waals surface area (Å²) in [7, 11) is 0. The highest BCUT2D eigenvalue weighted by Gasteiger charge is 2.41. The first-order chi connectivity index (χ1) is 15.3. The predicted octanol–water partition coefficient (Wildman–Crippen LogP) is 2.48. The van der Waals surface area contributed by atoms with Gasteiger partial charge in [0.2, 0.25) is 11.8 Å². The molecule has 0 aromatic heterocycles. The number of carbonyl (C=O) groups excluding carboxylic acids is 3. The monoisotopic (exact) mass is 443 g/mol. The van der Waals surface area contributed by atoms with Crippen LogP contribution in [0.15, 0.2) is 18.2 Å². The number of amides is 3. The molecule has 0 spiro atoms. The summed E-state index contributed by atoms with van der Waals surface area (Å²) in [6, 6.07) is 5.12. The van der Waals surface area contributed by atoms with Gasteiger partial charge in [-0.2, -0.15) is 0 Å². The van der Waals surface area contributed by atoms with Crippen LogP contribution in [0, 0.1) is 5.92 Å². The predicted molar refractivity (Wildman–Crippen MR) is 115 cm³/mol. The molecule has 2 aliphatic carbocycles. The Morgan fingerprint density at radius 2 is 2.03 bits per heavy atom. The summed E-state index contributed by atoms with van der Waals surface area (Å²) in [5.74, 6) is 0.248. The minimum Gasteiger partial charge on any atom is -0.489 e. The molecule has 0 radical (unpaired) electrons. The van der Waals surface area contributed by atoms with Gasteiger partial charge in [0, 0.05) is 24.6 Å². The molecule has 3 fully saturated rings. The smallest absolute Gasteiger partial charge is 0.255 e. The zero-order valence-corrected chi connectivity index (χ0v) is 18.4. The lowest BCUT2D eigenvalue weighted by Crippen LogP contribution is -2.52. The third-order valence-corrected chi connectivity index (χ3v) is 7.33. The van der Waals surface area contributed by atoms with Gasteiger partial charge in [0.05, 0.1) is 0 Å². The SMILES string of the molecule is CC1(F)CC(CN[C@@H]2CCC[C@H]2Oc2ccc3c(c2)CN(C2CCC(=O)NC2=O)C3=O)C1. The molecule has 7 nitrogen and oxygen atoms in total. The van der Waals surface area contributed by atoms with Gasteiger partial charge in [0.1, 0.15) is 23.6 Å². The lowest BCUT2D eigenvalue weighted by molar-refractivity contribution is -0.136. The summed E-state index contributed by atoms with van der Waals surface area (Å²) < 4.78 is 20.0. The number of rotatable bonds is 6. The molecule has 4 aliphatic rings. The topological polar surface area (TPSA) is 87.7 Å². The fraction of sp³-hybridized carbons (Fsp3) is 0.625. The van der Waals surface area contributed by atoms with Crippen LogP contribution in [0.3, 0.4) is 0 Å². The Kier molecular flexibility index (Phi) is 5.43. The zero-order chi connectivity index (χ0) is 22.5. The first-order valence-corrected chi connectivity index (χ1v) is 11.7. The molecule has 2 N–H and O–H groups in total. The fourth-order valence-electron chi connectivity index (χ4n) is 5.71. The second-order valence-corrected chi connectivity index (χ2v) is 10.0. The Hall–Kier alpha value is -2.48. The van der Waals surface area contributed by atoms with Gasteiger partial charge in [0.15, 0.2) is 0 Å². The second-order valence-electron chi connectivity index (χ2n) is 10.0. The van der Waals surface area contributed by atoms with Crippen LogP contribution < -0.4 is 15.4 Å². The van der Waals surface area contributed by atoms with E-state index >= 15 is 0 Å². The number of benzene rings is 1. The summed E-state index contributed by atoms with van der Waals surface area (Å²) in [5.41, 5.74) is 0.431. The van der Waals surface area contributed by atoms with Crippen molar-refractivity contribution in [2.75, 3.05) is 6.54 Å². The van der Waals surface area contributed by atoms with Gasteiger partial charge in [0.25, 0.3) is 5.91 Å². The maximum Gasteiger partial charge on any atom is 0.255 e. The van der Waals surface area contributed by atoms with Crippen LogP contribution in [-0.2, 0) is 16.1 Å². The number of nitrogens with zero attached hydrogens (tertiary/aromatic N) is 1. The number of alkyl halides is 1. The van der Waals surface area contributed by atoms with Crippen molar-refractivity contribution in [3.8, 4) is 5.75 Å². The number of nitrogens with one attached hydrogen (secondary N) is 2. The van der Waals surface area contributed by atoms with E-state index in [0.717, 1.165) is 37.1 Å². The van der Waals surface area contributed by atoms with Gasteiger partial charge >= 0.3 is 0 Å². The molecule has 3 amide bonds. The number of hydrogen-bond acceptors (Lipinski definition) is 5. The molecule has 32 heavy (non-hydrogen) atoms. The molecule has 0 bridgehead atoms. The van der Waals surface area contributed by atoms with Gasteiger partial charge in [-0.15, -0.1) is 0 Å². The summed E-state index contributed by atoms with van der Waals surface area (Å²) in [4.78, 5) is 38.0. The van der Waals surface area contributed by atoms with E-state index in [-0.39, 0.29) is 30.4 Å². The van der Waals surface area contributed by atoms with Crippen molar-refractivity contribution in [2.45, 2.75) is 82.3 Å². The average molecular weight is 444 g/mol. The van der Waals surface area contributed by atoms with Crippen molar-refractivity contribution in [1.29, 1.82) is 0 Å². The van der Waals surface area contributed by atoms with Gasteiger partial charge in [-0.1, -0.05) is 0 Å². The lowest BCUT2D eigenvalue weighted by atomic mass is 9.73. The molecule has 8 heteroatoms. The third-order valence-electron chi connectivity index (χ3n) is 7.33. The Bertz CT molecular complexity index is 941. The minimum absolute atomic E-state index is 0.0493. The third kappa shape index (κ3) is 4.12. The number of ether oxygens (including phenoxy) is 1. The van der Waals surface area contributed by atoms with Crippen molar-refractivity contribution < 1.29 is 23.5 Å². The summed E-state index contributed by atoms with van der Waals surface area (Å²) in [5, 5.41) is 5.91. The zero-order valence-electron chi connectivity index (χ0n) is 18.4. The van der Waals surface area contributed by atoms with Crippen LogP contribution in [0.25, 0.3) is 0 Å². The molecule has 5 rings (SSSR count). The average Bonchev–Trinajstić information content (AvgIpc) is 3.29. The summed E-state index contributed by atoms with van der Waals surface area (Å²) in [6.07, 6.45) is 4.98. The number of imide groups is 1. The number of halogens is 1. The van der Waals surface area contributed by atoms with Gasteiger partial charge in [-0.05, 0) is 81.7 Å². The number of piperidine rings is 1. The maximum atomic E-state index is 13.7. The van der Waals surface area contributed by atoms with E-state index < -0.39 is 17.6 Å². The lowest BCUT2D eigenvalue weighted by Gasteiger charge is -2.39. The molecular formula is C24H30FN3O4. The van der Waals surface area contributed by atoms with Gasteiger partial charge < -0.3 is 15.0 Å². The Morgan fingerprint density at radius 1 is 1.22 bits per heavy atom. The highest BCUT2D eigenvalue weighted by molar-refractivity contribution is 6.05. The van der Waals surface area contributed by atoms with Crippen LogP contribution in [0.4, 0.5) is 4.39 Å². The quantitative estimate of drug-likeness (QED) is 0.660. The molecule has 1 saturated heterocycles. The molecule has 2 aliphatic heterocycles. The summed E-state index contributed by atoms with van der Waals surface area (Å²) >= 11 is 0. The van der Waals surface area contributed by atoms with Crippen molar-refractivity contribution in [2.24, 2.45) is 5.92 Å². The van der Waals surface area contributed by atoms with Gasteiger partial charge in [-0.25, -0.2) is 4.39 Å². The molecule has 3 atom stereocenters. The number of carbonyl (C=O) groups is 3. The Balaban J connectivity index is 1.20.